The maximum absolute atomic E-state index is 13.5. The van der Waals surface area contributed by atoms with Gasteiger partial charge in [0.25, 0.3) is 0 Å². The second-order valence-electron chi connectivity index (χ2n) is 9.02. The van der Waals surface area contributed by atoms with Crippen LogP contribution in [0.15, 0.2) is 96.1 Å². The lowest BCUT2D eigenvalue weighted by atomic mass is 9.93. The lowest BCUT2D eigenvalue weighted by Gasteiger charge is -2.29. The predicted octanol–water partition coefficient (Wildman–Crippen LogP) is 6.51. The van der Waals surface area contributed by atoms with Gasteiger partial charge in [-0.3, -0.25) is 9.69 Å². The molecule has 2 nitrogen and oxygen atoms in total. The third kappa shape index (κ3) is 3.79. The van der Waals surface area contributed by atoms with Gasteiger partial charge in [-0.05, 0) is 69.8 Å². The molecule has 156 valence electrons. The summed E-state index contributed by atoms with van der Waals surface area (Å²) in [6.07, 6.45) is 6.66. The summed E-state index contributed by atoms with van der Waals surface area (Å²) in [5, 5.41) is 4.86. The minimum atomic E-state index is 0.184. The molecule has 0 atom stereocenters. The molecule has 1 aliphatic carbocycles. The van der Waals surface area contributed by atoms with Crippen LogP contribution in [0.3, 0.4) is 0 Å². The largest absolute Gasteiger partial charge is 0.292 e. The molecule has 1 aliphatic heterocycles. The molecule has 2 fully saturated rings. The second-order valence-corrected chi connectivity index (χ2v) is 9.02. The number of carbonyl (C=O) groups is 1. The highest BCUT2D eigenvalue weighted by Gasteiger charge is 2.35. The van der Waals surface area contributed by atoms with E-state index < -0.39 is 0 Å². The van der Waals surface area contributed by atoms with Crippen molar-refractivity contribution in [2.45, 2.75) is 18.9 Å². The minimum absolute atomic E-state index is 0.184. The molecule has 2 heteroatoms. The Balaban J connectivity index is 1.38. The third-order valence-corrected chi connectivity index (χ3v) is 6.62. The van der Waals surface area contributed by atoms with Crippen molar-refractivity contribution >= 4 is 39.5 Å². The zero-order chi connectivity index (χ0) is 21.5. The van der Waals surface area contributed by atoms with Gasteiger partial charge in [-0.2, -0.15) is 0 Å². The molecular weight excluding hydrogens is 390 g/mol. The maximum Gasteiger partial charge on any atom is 0.187 e. The fourth-order valence-electron chi connectivity index (χ4n) is 4.76. The number of ketones is 1. The first kappa shape index (κ1) is 19.2. The van der Waals surface area contributed by atoms with E-state index in [1.807, 2.05) is 0 Å². The molecule has 1 saturated heterocycles. The second kappa shape index (κ2) is 7.89. The summed E-state index contributed by atoms with van der Waals surface area (Å²) in [6, 6.07) is 30.2. The highest BCUT2D eigenvalue weighted by atomic mass is 16.1. The molecule has 32 heavy (non-hydrogen) atoms. The van der Waals surface area contributed by atoms with Crippen LogP contribution in [0.4, 0.5) is 0 Å². The van der Waals surface area contributed by atoms with Gasteiger partial charge in [-0.1, -0.05) is 72.8 Å². The monoisotopic (exact) mass is 415 g/mol. The number of Topliss-reactive ketones (excluding diaryl/α,β-unsaturated/α-hetero) is 1. The Labute approximate surface area is 188 Å². The van der Waals surface area contributed by atoms with Crippen molar-refractivity contribution in [1.82, 2.24) is 4.90 Å². The first-order valence-electron chi connectivity index (χ1n) is 11.4. The summed E-state index contributed by atoms with van der Waals surface area (Å²) < 4.78 is 0. The van der Waals surface area contributed by atoms with Crippen LogP contribution < -0.4 is 0 Å². The third-order valence-electron chi connectivity index (χ3n) is 6.62. The molecule has 0 unspecified atom stereocenters. The zero-order valence-corrected chi connectivity index (χ0v) is 18.0. The molecule has 4 aromatic carbocycles. The van der Waals surface area contributed by atoms with E-state index in [0.717, 1.165) is 35.4 Å². The lowest BCUT2D eigenvalue weighted by Crippen LogP contribution is -2.39. The Morgan fingerprint density at radius 1 is 0.625 bits per heavy atom. The van der Waals surface area contributed by atoms with Crippen LogP contribution in [0.2, 0.25) is 0 Å². The van der Waals surface area contributed by atoms with Crippen molar-refractivity contribution < 1.29 is 4.79 Å². The van der Waals surface area contributed by atoms with E-state index in [0.29, 0.717) is 6.04 Å². The zero-order valence-electron chi connectivity index (χ0n) is 18.0. The summed E-state index contributed by atoms with van der Waals surface area (Å²) >= 11 is 0. The Morgan fingerprint density at radius 3 is 1.56 bits per heavy atom. The molecule has 1 heterocycles. The first-order chi connectivity index (χ1) is 15.7. The summed E-state index contributed by atoms with van der Waals surface area (Å²) in [4.78, 5) is 16.0. The van der Waals surface area contributed by atoms with E-state index in [1.165, 1.54) is 34.4 Å². The number of hydrogen-bond donors (Lipinski definition) is 0. The van der Waals surface area contributed by atoms with Crippen LogP contribution in [-0.4, -0.2) is 29.8 Å². The number of carbonyl (C=O) groups excluding carboxylic acids is 1. The smallest absolute Gasteiger partial charge is 0.187 e. The molecule has 0 spiro atoms. The van der Waals surface area contributed by atoms with E-state index in [1.54, 1.807) is 0 Å². The van der Waals surface area contributed by atoms with Crippen molar-refractivity contribution in [3.63, 3.8) is 0 Å². The molecule has 1 saturated carbocycles. The predicted molar refractivity (Wildman–Crippen MR) is 133 cm³/mol. The van der Waals surface area contributed by atoms with Gasteiger partial charge in [0.15, 0.2) is 5.78 Å². The Hall–Kier alpha value is -3.49. The van der Waals surface area contributed by atoms with Gasteiger partial charge < -0.3 is 0 Å². The fourth-order valence-corrected chi connectivity index (χ4v) is 4.76. The van der Waals surface area contributed by atoms with Crippen molar-refractivity contribution in [1.29, 1.82) is 0 Å². The fraction of sp³-hybridized carbons (Fsp3) is 0.167. The van der Waals surface area contributed by atoms with E-state index in [9.17, 15) is 4.79 Å². The number of likely N-dealkylation sites (tertiary alicyclic amines) is 1. The van der Waals surface area contributed by atoms with Crippen LogP contribution in [-0.2, 0) is 4.79 Å². The molecule has 0 bridgehead atoms. The Kier molecular flexibility index (Phi) is 4.74. The molecular formula is C30H25NO. The van der Waals surface area contributed by atoms with Gasteiger partial charge in [-0.25, -0.2) is 0 Å². The SMILES string of the molecule is O=C1/C(=C/c2ccc3ccccc3c2)CN(C2CC2)C/C1=C\c1ccc2ccccc2c1. The first-order valence-corrected chi connectivity index (χ1v) is 11.4. The van der Waals surface area contributed by atoms with Gasteiger partial charge >= 0.3 is 0 Å². The molecule has 0 aromatic heterocycles. The number of nitrogens with zero attached hydrogens (tertiary/aromatic N) is 1. The van der Waals surface area contributed by atoms with Gasteiger partial charge in [0.05, 0.1) is 0 Å². The highest BCUT2D eigenvalue weighted by Crippen LogP contribution is 2.33. The Morgan fingerprint density at radius 2 is 1.09 bits per heavy atom. The van der Waals surface area contributed by atoms with E-state index in [4.69, 9.17) is 0 Å². The minimum Gasteiger partial charge on any atom is -0.292 e. The molecule has 0 amide bonds. The number of rotatable bonds is 3. The van der Waals surface area contributed by atoms with E-state index >= 15 is 0 Å². The maximum atomic E-state index is 13.5. The lowest BCUT2D eigenvalue weighted by molar-refractivity contribution is -0.113. The number of piperidine rings is 1. The van der Waals surface area contributed by atoms with Crippen molar-refractivity contribution in [2.75, 3.05) is 13.1 Å². The van der Waals surface area contributed by atoms with Crippen LogP contribution in [0.1, 0.15) is 24.0 Å². The molecule has 0 N–H and O–H groups in total. The summed E-state index contributed by atoms with van der Waals surface area (Å²) in [5.41, 5.74) is 3.97. The van der Waals surface area contributed by atoms with E-state index in [-0.39, 0.29) is 5.78 Å². The van der Waals surface area contributed by atoms with Crippen LogP contribution in [0, 0.1) is 0 Å². The normalized spacial score (nSPS) is 19.9. The van der Waals surface area contributed by atoms with Crippen molar-refractivity contribution in [3.05, 3.63) is 107 Å². The van der Waals surface area contributed by atoms with Gasteiger partial charge in [0, 0.05) is 30.3 Å². The average molecular weight is 416 g/mol. The number of hydrogen-bond acceptors (Lipinski definition) is 2. The number of fused-ring (bicyclic) bond motifs is 2. The molecule has 2 aliphatic rings. The van der Waals surface area contributed by atoms with Crippen molar-refractivity contribution in [2.24, 2.45) is 0 Å². The summed E-state index contributed by atoms with van der Waals surface area (Å²) in [6.45, 7) is 1.48. The summed E-state index contributed by atoms with van der Waals surface area (Å²) in [5.74, 6) is 0.184. The molecule has 6 rings (SSSR count). The Bertz CT molecular complexity index is 1310. The van der Waals surface area contributed by atoms with Crippen LogP contribution >= 0.6 is 0 Å². The molecule has 0 radical (unpaired) electrons. The van der Waals surface area contributed by atoms with Gasteiger partial charge in [0.1, 0.15) is 0 Å². The van der Waals surface area contributed by atoms with Gasteiger partial charge in [-0.15, -0.1) is 0 Å². The molecule has 4 aromatic rings. The number of benzene rings is 4. The summed E-state index contributed by atoms with van der Waals surface area (Å²) in [7, 11) is 0. The highest BCUT2D eigenvalue weighted by molar-refractivity contribution is 6.15. The van der Waals surface area contributed by atoms with Crippen LogP contribution in [0.25, 0.3) is 33.7 Å². The quantitative estimate of drug-likeness (QED) is 0.356. The van der Waals surface area contributed by atoms with Crippen LogP contribution in [0.5, 0.6) is 0 Å². The topological polar surface area (TPSA) is 20.3 Å². The standard InChI is InChI=1S/C30H25NO/c32-30-27(17-21-9-11-23-5-1-3-7-25(23)15-21)19-31(29-13-14-29)20-28(30)18-22-10-12-24-6-2-4-8-26(24)16-22/h1-12,15-18,29H,13-14,19-20H2/b27-17+,28-18+. The van der Waals surface area contributed by atoms with Crippen molar-refractivity contribution in [3.8, 4) is 0 Å². The van der Waals surface area contributed by atoms with Gasteiger partial charge in [0.2, 0.25) is 0 Å². The van der Waals surface area contributed by atoms with E-state index in [2.05, 4.69) is 102 Å². The average Bonchev–Trinajstić information content (AvgIpc) is 3.67.